The van der Waals surface area contributed by atoms with E-state index in [1.807, 2.05) is 0 Å². The van der Waals surface area contributed by atoms with E-state index in [9.17, 15) is 18.0 Å². The van der Waals surface area contributed by atoms with Crippen molar-refractivity contribution in [2.45, 2.75) is 12.9 Å². The number of ether oxygens (including phenoxy) is 1. The molecule has 27 heavy (non-hydrogen) atoms. The van der Waals surface area contributed by atoms with Gasteiger partial charge in [0.2, 0.25) is 0 Å². The Hall–Kier alpha value is -2.55. The van der Waals surface area contributed by atoms with Gasteiger partial charge in [0, 0.05) is 37.6 Å². The van der Waals surface area contributed by atoms with Crippen LogP contribution in [0.3, 0.4) is 0 Å². The van der Waals surface area contributed by atoms with Gasteiger partial charge in [-0.2, -0.15) is 0 Å². The molecule has 1 aromatic heterocycles. The summed E-state index contributed by atoms with van der Waals surface area (Å²) in [6.45, 7) is 3.28. The second-order valence-electron chi connectivity index (χ2n) is 7.01. The van der Waals surface area contributed by atoms with E-state index in [-0.39, 0.29) is 11.5 Å². The van der Waals surface area contributed by atoms with Gasteiger partial charge in [-0.3, -0.25) is 9.69 Å². The lowest BCUT2D eigenvalue weighted by Crippen LogP contribution is -2.30. The van der Waals surface area contributed by atoms with Gasteiger partial charge in [-0.05, 0) is 36.0 Å². The average molecular weight is 380 g/mol. The Morgan fingerprint density at radius 3 is 2.78 bits per heavy atom. The Kier molecular flexibility index (Phi) is 4.55. The van der Waals surface area contributed by atoms with Gasteiger partial charge in [0.05, 0.1) is 6.54 Å². The third-order valence-electron chi connectivity index (χ3n) is 5.20. The summed E-state index contributed by atoms with van der Waals surface area (Å²) in [5.74, 6) is 1.70. The molecule has 2 heterocycles. The largest absolute Gasteiger partial charge is 0.573 e. The van der Waals surface area contributed by atoms with E-state index in [1.165, 1.54) is 18.2 Å². The number of halogens is 3. The Labute approximate surface area is 153 Å². The number of piperidine rings is 1. The number of nitrogens with zero attached hydrogens (tertiary/aromatic N) is 2. The van der Waals surface area contributed by atoms with Crippen LogP contribution in [-0.2, 0) is 6.54 Å². The number of carbonyl (C=O) groups excluding carboxylic acids is 1. The van der Waals surface area contributed by atoms with Crippen molar-refractivity contribution in [2.24, 2.45) is 17.8 Å². The summed E-state index contributed by atoms with van der Waals surface area (Å²) in [5, 5.41) is 2.83. The molecule has 1 aliphatic heterocycles. The molecule has 4 rings (SSSR count). The first-order valence-electron chi connectivity index (χ1n) is 8.74. The quantitative estimate of drug-likeness (QED) is 0.808. The van der Waals surface area contributed by atoms with Crippen LogP contribution in [0.15, 0.2) is 36.7 Å². The molecule has 2 aromatic rings. The Bertz CT molecular complexity index is 797. The molecule has 2 unspecified atom stereocenters. The van der Waals surface area contributed by atoms with Crippen molar-refractivity contribution in [1.29, 1.82) is 0 Å². The highest BCUT2D eigenvalue weighted by molar-refractivity contribution is 5.94. The van der Waals surface area contributed by atoms with Gasteiger partial charge >= 0.3 is 6.36 Å². The molecule has 9 heteroatoms. The van der Waals surface area contributed by atoms with Crippen LogP contribution in [0, 0.1) is 17.8 Å². The number of hydrogen-bond acceptors (Lipinski definition) is 4. The number of hydrogen-bond donors (Lipinski definition) is 2. The van der Waals surface area contributed by atoms with Crippen LogP contribution in [0.4, 0.5) is 13.2 Å². The van der Waals surface area contributed by atoms with Crippen molar-refractivity contribution in [3.63, 3.8) is 0 Å². The van der Waals surface area contributed by atoms with Gasteiger partial charge in [0.25, 0.3) is 5.91 Å². The molecule has 2 N–H and O–H groups in total. The van der Waals surface area contributed by atoms with E-state index in [1.54, 1.807) is 12.4 Å². The van der Waals surface area contributed by atoms with Crippen LogP contribution in [0.5, 0.6) is 5.75 Å². The maximum absolute atomic E-state index is 12.3. The minimum atomic E-state index is -4.78. The molecule has 2 aliphatic rings. The first-order valence-corrected chi connectivity index (χ1v) is 8.74. The topological polar surface area (TPSA) is 70.2 Å². The summed E-state index contributed by atoms with van der Waals surface area (Å²) in [4.78, 5) is 21.9. The van der Waals surface area contributed by atoms with Gasteiger partial charge in [0.15, 0.2) is 0 Å². The number of aromatic amines is 1. The maximum Gasteiger partial charge on any atom is 0.573 e. The van der Waals surface area contributed by atoms with E-state index < -0.39 is 12.1 Å². The number of carbonyl (C=O) groups is 1. The number of H-pyrrole nitrogens is 1. The van der Waals surface area contributed by atoms with E-state index >= 15 is 0 Å². The molecule has 2 atom stereocenters. The molecular formula is C18H19F3N4O2. The summed E-state index contributed by atoms with van der Waals surface area (Å²) in [6.07, 6.45) is -1.24. The standard InChI is InChI=1S/C18H19F3N4O2/c19-18(20,21)27-12-3-1-2-11(6-12)17(26)24-7-13-14-8-25(9-15(13)14)10-16-22-4-5-23-16/h1-6,13-15H,7-10H2,(H,22,23)(H,24,26). The van der Waals surface area contributed by atoms with Gasteiger partial charge in [-0.15, -0.1) is 13.2 Å². The number of likely N-dealkylation sites (tertiary alicyclic amines) is 1. The number of alkyl halides is 3. The highest BCUT2D eigenvalue weighted by Crippen LogP contribution is 2.51. The van der Waals surface area contributed by atoms with E-state index in [0.29, 0.717) is 24.3 Å². The minimum Gasteiger partial charge on any atom is -0.406 e. The smallest absolute Gasteiger partial charge is 0.406 e. The predicted octanol–water partition coefficient (Wildman–Crippen LogP) is 2.42. The maximum atomic E-state index is 12.3. The SMILES string of the molecule is O=C(NCC1C2CN(Cc3ncc[nH]3)CC12)c1cccc(OC(F)(F)F)c1. The fourth-order valence-electron chi connectivity index (χ4n) is 3.91. The molecule has 6 nitrogen and oxygen atoms in total. The zero-order chi connectivity index (χ0) is 19.0. The van der Waals surface area contributed by atoms with Crippen LogP contribution < -0.4 is 10.1 Å². The van der Waals surface area contributed by atoms with Crippen molar-refractivity contribution in [3.05, 3.63) is 48.0 Å². The molecule has 144 valence electrons. The second kappa shape index (κ2) is 6.88. The van der Waals surface area contributed by atoms with Gasteiger partial charge in [-0.25, -0.2) is 4.98 Å². The number of amides is 1. The van der Waals surface area contributed by atoms with E-state index in [4.69, 9.17) is 0 Å². The van der Waals surface area contributed by atoms with Crippen LogP contribution in [0.25, 0.3) is 0 Å². The van der Waals surface area contributed by atoms with E-state index in [2.05, 4.69) is 24.9 Å². The third kappa shape index (κ3) is 4.24. The predicted molar refractivity (Wildman–Crippen MR) is 89.8 cm³/mol. The highest BCUT2D eigenvalue weighted by atomic mass is 19.4. The molecular weight excluding hydrogens is 361 g/mol. The monoisotopic (exact) mass is 380 g/mol. The van der Waals surface area contributed by atoms with Crippen LogP contribution >= 0.6 is 0 Å². The van der Waals surface area contributed by atoms with Gasteiger partial charge in [0.1, 0.15) is 11.6 Å². The molecule has 0 spiro atoms. The second-order valence-corrected chi connectivity index (χ2v) is 7.01. The lowest BCUT2D eigenvalue weighted by molar-refractivity contribution is -0.274. The first kappa shape index (κ1) is 17.8. The first-order chi connectivity index (χ1) is 12.9. The van der Waals surface area contributed by atoms with Crippen molar-refractivity contribution in [1.82, 2.24) is 20.2 Å². The molecule has 1 aromatic carbocycles. The number of rotatable bonds is 6. The highest BCUT2D eigenvalue weighted by Gasteiger charge is 2.55. The average Bonchev–Trinajstić information content (AvgIpc) is 2.98. The van der Waals surface area contributed by atoms with Gasteiger partial charge in [-0.1, -0.05) is 6.07 Å². The molecule has 0 bridgehead atoms. The Morgan fingerprint density at radius 1 is 1.33 bits per heavy atom. The Balaban J connectivity index is 1.24. The minimum absolute atomic E-state index is 0.155. The van der Waals surface area contributed by atoms with E-state index in [0.717, 1.165) is 31.5 Å². The summed E-state index contributed by atoms with van der Waals surface area (Å²) < 4.78 is 40.7. The molecule has 1 saturated carbocycles. The summed E-state index contributed by atoms with van der Waals surface area (Å²) in [6, 6.07) is 5.11. The van der Waals surface area contributed by atoms with Gasteiger partial charge < -0.3 is 15.0 Å². The van der Waals surface area contributed by atoms with Crippen LogP contribution in [0.2, 0.25) is 0 Å². The lowest BCUT2D eigenvalue weighted by atomic mass is 10.2. The molecule has 1 aliphatic carbocycles. The molecule has 1 saturated heterocycles. The van der Waals surface area contributed by atoms with Crippen molar-refractivity contribution in [2.75, 3.05) is 19.6 Å². The number of imidazole rings is 1. The third-order valence-corrected chi connectivity index (χ3v) is 5.20. The molecule has 0 radical (unpaired) electrons. The normalized spacial score (nSPS) is 24.5. The molecule has 1 amide bonds. The Morgan fingerprint density at radius 2 is 2.11 bits per heavy atom. The molecule has 2 fully saturated rings. The summed E-state index contributed by atoms with van der Waals surface area (Å²) >= 11 is 0. The van der Waals surface area contributed by atoms with Crippen LogP contribution in [0.1, 0.15) is 16.2 Å². The van der Waals surface area contributed by atoms with Crippen molar-refractivity contribution in [3.8, 4) is 5.75 Å². The number of nitrogens with one attached hydrogen (secondary N) is 2. The summed E-state index contributed by atoms with van der Waals surface area (Å²) in [5.41, 5.74) is 0.155. The van der Waals surface area contributed by atoms with Crippen molar-refractivity contribution < 1.29 is 22.7 Å². The number of fused-ring (bicyclic) bond motifs is 1. The number of benzene rings is 1. The fourth-order valence-corrected chi connectivity index (χ4v) is 3.91. The van der Waals surface area contributed by atoms with Crippen LogP contribution in [-0.4, -0.2) is 46.8 Å². The lowest BCUT2D eigenvalue weighted by Gasteiger charge is -2.18. The fraction of sp³-hybridized carbons (Fsp3) is 0.444. The number of aromatic nitrogens is 2. The zero-order valence-electron chi connectivity index (χ0n) is 14.4. The zero-order valence-corrected chi connectivity index (χ0v) is 14.4. The summed E-state index contributed by atoms with van der Waals surface area (Å²) in [7, 11) is 0. The van der Waals surface area contributed by atoms with Crippen molar-refractivity contribution >= 4 is 5.91 Å².